The van der Waals surface area contributed by atoms with Crippen LogP contribution in [0.4, 0.5) is 0 Å². The Kier molecular flexibility index (Phi) is 4.90. The van der Waals surface area contributed by atoms with E-state index in [1.165, 1.54) is 5.56 Å². The van der Waals surface area contributed by atoms with Gasteiger partial charge in [-0.15, -0.1) is 0 Å². The second-order valence-electron chi connectivity index (χ2n) is 7.66. The van der Waals surface area contributed by atoms with Gasteiger partial charge < -0.3 is 4.90 Å². The number of nitrogens with zero attached hydrogens (tertiary/aromatic N) is 5. The third kappa shape index (κ3) is 3.90. The number of pyridine rings is 1. The minimum Gasteiger partial charge on any atom is -0.336 e. The van der Waals surface area contributed by atoms with Crippen molar-refractivity contribution in [2.24, 2.45) is 0 Å². The lowest BCUT2D eigenvalue weighted by atomic mass is 10.1. The van der Waals surface area contributed by atoms with Crippen molar-refractivity contribution in [3.05, 3.63) is 47.5 Å². The predicted molar refractivity (Wildman–Crippen MR) is 97.4 cm³/mol. The van der Waals surface area contributed by atoms with Gasteiger partial charge >= 0.3 is 0 Å². The highest BCUT2D eigenvalue weighted by Crippen LogP contribution is 2.20. The summed E-state index contributed by atoms with van der Waals surface area (Å²) in [5.74, 6) is 0.0917. The van der Waals surface area contributed by atoms with Crippen molar-refractivity contribution in [2.45, 2.75) is 39.8 Å². The van der Waals surface area contributed by atoms with Crippen LogP contribution in [-0.4, -0.2) is 56.7 Å². The number of carbonyl (C=O) groups excluding carboxylic acids is 1. The predicted octanol–water partition coefficient (Wildman–Crippen LogP) is 2.30. The van der Waals surface area contributed by atoms with E-state index in [1.807, 2.05) is 28.8 Å². The van der Waals surface area contributed by atoms with Crippen molar-refractivity contribution in [2.75, 3.05) is 26.2 Å². The molecule has 0 spiro atoms. The van der Waals surface area contributed by atoms with Crippen molar-refractivity contribution in [3.63, 3.8) is 0 Å². The molecule has 3 rings (SSSR count). The molecule has 1 aliphatic rings. The molecule has 134 valence electrons. The number of hydrogen-bond donors (Lipinski definition) is 0. The second kappa shape index (κ2) is 6.96. The van der Waals surface area contributed by atoms with Crippen molar-refractivity contribution in [1.29, 1.82) is 0 Å². The van der Waals surface area contributed by atoms with E-state index < -0.39 is 0 Å². The molecule has 0 bridgehead atoms. The Labute approximate surface area is 149 Å². The third-order valence-electron chi connectivity index (χ3n) is 4.66. The molecular formula is C19H27N5O. The van der Waals surface area contributed by atoms with Crippen LogP contribution >= 0.6 is 0 Å². The van der Waals surface area contributed by atoms with Crippen molar-refractivity contribution < 1.29 is 4.79 Å². The van der Waals surface area contributed by atoms with Gasteiger partial charge in [-0.2, -0.15) is 5.10 Å². The van der Waals surface area contributed by atoms with E-state index in [4.69, 9.17) is 0 Å². The molecule has 2 aromatic rings. The molecule has 0 saturated carbocycles. The molecule has 1 amide bonds. The third-order valence-corrected chi connectivity index (χ3v) is 4.66. The number of aromatic nitrogens is 3. The Morgan fingerprint density at radius 3 is 2.44 bits per heavy atom. The monoisotopic (exact) mass is 341 g/mol. The molecule has 1 fully saturated rings. The number of rotatable bonds is 3. The molecule has 0 atom stereocenters. The Morgan fingerprint density at radius 2 is 1.88 bits per heavy atom. The number of carbonyl (C=O) groups is 1. The molecule has 0 unspecified atom stereocenters. The summed E-state index contributed by atoms with van der Waals surface area (Å²) in [4.78, 5) is 21.3. The SMILES string of the molecule is Cc1c(C(=O)N2CCN(Cc3cccnc3)CC2)cnn1C(C)(C)C. The fourth-order valence-corrected chi connectivity index (χ4v) is 3.33. The summed E-state index contributed by atoms with van der Waals surface area (Å²) in [6.45, 7) is 12.4. The largest absolute Gasteiger partial charge is 0.336 e. The van der Waals surface area contributed by atoms with E-state index in [2.05, 4.69) is 41.8 Å². The van der Waals surface area contributed by atoms with Gasteiger partial charge in [-0.3, -0.25) is 19.4 Å². The maximum atomic E-state index is 12.9. The zero-order chi connectivity index (χ0) is 18.0. The normalized spacial score (nSPS) is 16.2. The highest BCUT2D eigenvalue weighted by Gasteiger charge is 2.27. The first-order chi connectivity index (χ1) is 11.9. The van der Waals surface area contributed by atoms with Crippen LogP contribution in [0.25, 0.3) is 0 Å². The molecule has 1 saturated heterocycles. The summed E-state index contributed by atoms with van der Waals surface area (Å²) in [5, 5.41) is 4.43. The minimum atomic E-state index is -0.120. The summed E-state index contributed by atoms with van der Waals surface area (Å²) in [5.41, 5.74) is 2.75. The first-order valence-electron chi connectivity index (χ1n) is 8.82. The summed E-state index contributed by atoms with van der Waals surface area (Å²) in [6.07, 6.45) is 5.41. The van der Waals surface area contributed by atoms with E-state index in [1.54, 1.807) is 12.4 Å². The first-order valence-corrected chi connectivity index (χ1v) is 8.82. The van der Waals surface area contributed by atoms with E-state index >= 15 is 0 Å². The molecule has 6 nitrogen and oxygen atoms in total. The summed E-state index contributed by atoms with van der Waals surface area (Å²) in [6, 6.07) is 4.06. The molecule has 2 aromatic heterocycles. The fraction of sp³-hybridized carbons (Fsp3) is 0.526. The number of amides is 1. The van der Waals surface area contributed by atoms with Crippen molar-refractivity contribution in [1.82, 2.24) is 24.6 Å². The standard InChI is InChI=1S/C19H27N5O/c1-15-17(13-21-24(15)19(2,3)4)18(25)23-10-8-22(9-11-23)14-16-6-5-7-20-12-16/h5-7,12-13H,8-11,14H2,1-4H3. The molecule has 3 heterocycles. The Bertz CT molecular complexity index is 724. The number of piperazine rings is 1. The van der Waals surface area contributed by atoms with Gasteiger partial charge in [-0.25, -0.2) is 0 Å². The van der Waals surface area contributed by atoms with Crippen molar-refractivity contribution in [3.8, 4) is 0 Å². The maximum absolute atomic E-state index is 12.9. The van der Waals surface area contributed by atoms with E-state index in [0.717, 1.165) is 44.0 Å². The topological polar surface area (TPSA) is 54.3 Å². The lowest BCUT2D eigenvalue weighted by Gasteiger charge is -2.34. The van der Waals surface area contributed by atoms with E-state index in [-0.39, 0.29) is 11.4 Å². The van der Waals surface area contributed by atoms with Gasteiger partial charge in [0.25, 0.3) is 5.91 Å². The summed E-state index contributed by atoms with van der Waals surface area (Å²) >= 11 is 0. The van der Waals surface area contributed by atoms with Crippen LogP contribution in [0.1, 0.15) is 42.4 Å². The van der Waals surface area contributed by atoms with Crippen LogP contribution in [0.2, 0.25) is 0 Å². The lowest BCUT2D eigenvalue weighted by molar-refractivity contribution is 0.0627. The van der Waals surface area contributed by atoms with Crippen LogP contribution in [0.5, 0.6) is 0 Å². The average Bonchev–Trinajstić information content (AvgIpc) is 2.98. The van der Waals surface area contributed by atoms with Crippen LogP contribution < -0.4 is 0 Å². The molecule has 1 aliphatic heterocycles. The summed E-state index contributed by atoms with van der Waals surface area (Å²) in [7, 11) is 0. The van der Waals surface area contributed by atoms with Gasteiger partial charge in [-0.1, -0.05) is 6.07 Å². The quantitative estimate of drug-likeness (QED) is 0.860. The van der Waals surface area contributed by atoms with Gasteiger partial charge in [-0.05, 0) is 39.3 Å². The van der Waals surface area contributed by atoms with Crippen LogP contribution in [0.15, 0.2) is 30.7 Å². The van der Waals surface area contributed by atoms with Crippen LogP contribution in [-0.2, 0) is 12.1 Å². The first kappa shape index (κ1) is 17.6. The molecule has 25 heavy (non-hydrogen) atoms. The average molecular weight is 341 g/mol. The van der Waals surface area contributed by atoms with E-state index in [0.29, 0.717) is 0 Å². The highest BCUT2D eigenvalue weighted by molar-refractivity contribution is 5.95. The van der Waals surface area contributed by atoms with Crippen LogP contribution in [0, 0.1) is 6.92 Å². The van der Waals surface area contributed by atoms with E-state index in [9.17, 15) is 4.79 Å². The molecule has 0 N–H and O–H groups in total. The lowest BCUT2D eigenvalue weighted by Crippen LogP contribution is -2.48. The van der Waals surface area contributed by atoms with Gasteiger partial charge in [0, 0.05) is 50.8 Å². The molecule has 6 heteroatoms. The van der Waals surface area contributed by atoms with Crippen molar-refractivity contribution >= 4 is 5.91 Å². The Hall–Kier alpha value is -2.21. The smallest absolute Gasteiger partial charge is 0.257 e. The summed E-state index contributed by atoms with van der Waals surface area (Å²) < 4.78 is 1.93. The second-order valence-corrected chi connectivity index (χ2v) is 7.66. The minimum absolute atomic E-state index is 0.0917. The Balaban J connectivity index is 1.61. The molecular weight excluding hydrogens is 314 g/mol. The zero-order valence-corrected chi connectivity index (χ0v) is 15.6. The van der Waals surface area contributed by atoms with Crippen LogP contribution in [0.3, 0.4) is 0 Å². The van der Waals surface area contributed by atoms with Gasteiger partial charge in [0.1, 0.15) is 0 Å². The Morgan fingerprint density at radius 1 is 1.16 bits per heavy atom. The highest BCUT2D eigenvalue weighted by atomic mass is 16.2. The zero-order valence-electron chi connectivity index (χ0n) is 15.6. The van der Waals surface area contributed by atoms with Gasteiger partial charge in [0.2, 0.25) is 0 Å². The maximum Gasteiger partial charge on any atom is 0.257 e. The molecule has 0 radical (unpaired) electrons. The van der Waals surface area contributed by atoms with Gasteiger partial charge in [0.15, 0.2) is 0 Å². The van der Waals surface area contributed by atoms with Gasteiger partial charge in [0.05, 0.1) is 17.3 Å². The fourth-order valence-electron chi connectivity index (χ4n) is 3.33. The molecule has 0 aliphatic carbocycles. The molecule has 0 aromatic carbocycles. The number of hydrogen-bond acceptors (Lipinski definition) is 4.